The number of hydrogen-bond donors (Lipinski definition) is 0. The van der Waals surface area contributed by atoms with Crippen molar-refractivity contribution in [1.82, 2.24) is 0 Å². The van der Waals surface area contributed by atoms with Crippen LogP contribution < -0.4 is 0 Å². The molecule has 0 N–H and O–H groups in total. The zero-order chi connectivity index (χ0) is 12.2. The maximum Gasteiger partial charge on any atom is 0.508 e. The lowest BCUT2D eigenvalue weighted by molar-refractivity contribution is -0.156. The van der Waals surface area contributed by atoms with Crippen molar-refractivity contribution in [3.8, 4) is 0 Å². The first-order valence-corrected chi connectivity index (χ1v) is 5.46. The highest BCUT2D eigenvalue weighted by molar-refractivity contribution is 5.75. The summed E-state index contributed by atoms with van der Waals surface area (Å²) in [4.78, 5) is 22.3. The molecule has 5 heteroatoms. The number of hydrogen-bond acceptors (Lipinski definition) is 5. The van der Waals surface area contributed by atoms with Crippen molar-refractivity contribution in [2.45, 2.75) is 39.7 Å². The number of cyclic esters (lactones) is 2. The molecule has 0 aromatic rings. The lowest BCUT2D eigenvalue weighted by Gasteiger charge is -2.22. The summed E-state index contributed by atoms with van der Waals surface area (Å²) in [6, 6.07) is 0. The van der Waals surface area contributed by atoms with Gasteiger partial charge in [-0.15, -0.1) is 0 Å². The lowest BCUT2D eigenvalue weighted by Crippen LogP contribution is -2.30. The van der Waals surface area contributed by atoms with Gasteiger partial charge in [-0.1, -0.05) is 13.3 Å². The fraction of sp³-hybridized carbons (Fsp3) is 0.818. The highest BCUT2D eigenvalue weighted by atomic mass is 16.8. The van der Waals surface area contributed by atoms with Crippen LogP contribution in [0.25, 0.3) is 0 Å². The van der Waals surface area contributed by atoms with Gasteiger partial charge in [-0.3, -0.25) is 4.79 Å². The van der Waals surface area contributed by atoms with Crippen LogP contribution in [0.3, 0.4) is 0 Å². The summed E-state index contributed by atoms with van der Waals surface area (Å²) in [5, 5.41) is 0. The fourth-order valence-electron chi connectivity index (χ4n) is 1.54. The van der Waals surface area contributed by atoms with E-state index in [1.54, 1.807) is 0 Å². The van der Waals surface area contributed by atoms with E-state index in [4.69, 9.17) is 9.47 Å². The van der Waals surface area contributed by atoms with Crippen molar-refractivity contribution < 1.29 is 23.8 Å². The smallest absolute Gasteiger partial charge is 0.461 e. The minimum Gasteiger partial charge on any atom is -0.461 e. The summed E-state index contributed by atoms with van der Waals surface area (Å²) in [6.45, 7) is 5.92. The monoisotopic (exact) mass is 230 g/mol. The Bertz CT molecular complexity index is 272. The first kappa shape index (κ1) is 12.8. The first-order valence-electron chi connectivity index (χ1n) is 5.46. The molecule has 5 nitrogen and oxygen atoms in total. The Morgan fingerprint density at radius 2 is 2.25 bits per heavy atom. The molecule has 0 saturated carbocycles. The van der Waals surface area contributed by atoms with Gasteiger partial charge in [0.2, 0.25) is 0 Å². The molecule has 0 spiro atoms. The van der Waals surface area contributed by atoms with E-state index in [1.165, 1.54) is 0 Å². The minimum atomic E-state index is -0.700. The maximum atomic E-state index is 11.7. The lowest BCUT2D eigenvalue weighted by atomic mass is 9.88. The van der Waals surface area contributed by atoms with Crippen LogP contribution in [0.2, 0.25) is 0 Å². The molecule has 0 aromatic heterocycles. The van der Waals surface area contributed by atoms with Crippen LogP contribution in [0.15, 0.2) is 0 Å². The Hall–Kier alpha value is -1.26. The molecule has 0 amide bonds. The molecule has 1 aliphatic heterocycles. The number of carbonyl (C=O) groups excluding carboxylic acids is 2. The second kappa shape index (κ2) is 5.18. The molecule has 1 saturated heterocycles. The van der Waals surface area contributed by atoms with Gasteiger partial charge in [0.25, 0.3) is 0 Å². The Morgan fingerprint density at radius 1 is 1.56 bits per heavy atom. The molecule has 0 bridgehead atoms. The quantitative estimate of drug-likeness (QED) is 0.675. The number of ether oxygens (including phenoxy) is 3. The highest BCUT2D eigenvalue weighted by Crippen LogP contribution is 2.24. The van der Waals surface area contributed by atoms with Gasteiger partial charge in [0, 0.05) is 0 Å². The third-order valence-electron chi connectivity index (χ3n) is 2.48. The van der Waals surface area contributed by atoms with Crippen LogP contribution in [0.5, 0.6) is 0 Å². The topological polar surface area (TPSA) is 61.8 Å². The summed E-state index contributed by atoms with van der Waals surface area (Å²) in [5.74, 6) is -0.266. The zero-order valence-corrected chi connectivity index (χ0v) is 9.95. The van der Waals surface area contributed by atoms with Gasteiger partial charge < -0.3 is 14.2 Å². The molecule has 16 heavy (non-hydrogen) atoms. The third kappa shape index (κ3) is 3.40. The van der Waals surface area contributed by atoms with E-state index in [0.717, 1.165) is 12.8 Å². The van der Waals surface area contributed by atoms with Crippen LogP contribution in [0.1, 0.15) is 33.6 Å². The Kier molecular flexibility index (Phi) is 4.15. The molecular weight excluding hydrogens is 212 g/mol. The predicted molar refractivity (Wildman–Crippen MR) is 55.9 cm³/mol. The van der Waals surface area contributed by atoms with Crippen molar-refractivity contribution in [1.29, 1.82) is 0 Å². The van der Waals surface area contributed by atoms with Gasteiger partial charge in [-0.05, 0) is 20.3 Å². The minimum absolute atomic E-state index is 0.0672. The molecule has 0 aliphatic carbocycles. The van der Waals surface area contributed by atoms with E-state index >= 15 is 0 Å². The molecule has 92 valence electrons. The van der Waals surface area contributed by atoms with Crippen LogP contribution in [-0.2, 0) is 19.0 Å². The molecule has 0 aromatic carbocycles. The molecular formula is C11H18O5. The summed E-state index contributed by atoms with van der Waals surface area (Å²) >= 11 is 0. The Morgan fingerprint density at radius 3 is 2.75 bits per heavy atom. The average molecular weight is 230 g/mol. The second-order valence-corrected chi connectivity index (χ2v) is 4.53. The molecule has 1 heterocycles. The molecule has 1 atom stereocenters. The Balaban J connectivity index is 2.32. The van der Waals surface area contributed by atoms with E-state index in [-0.39, 0.29) is 19.2 Å². The summed E-state index contributed by atoms with van der Waals surface area (Å²) in [6.07, 6.45) is 0.527. The molecule has 1 rings (SSSR count). The average Bonchev–Trinajstić information content (AvgIpc) is 2.60. The Labute approximate surface area is 95.0 Å². The number of rotatable bonds is 5. The van der Waals surface area contributed by atoms with Gasteiger partial charge in [0.05, 0.1) is 5.41 Å². The first-order chi connectivity index (χ1) is 7.45. The van der Waals surface area contributed by atoms with E-state index in [1.807, 2.05) is 20.8 Å². The molecule has 1 unspecified atom stereocenters. The van der Waals surface area contributed by atoms with Crippen molar-refractivity contribution in [2.24, 2.45) is 5.41 Å². The van der Waals surface area contributed by atoms with Crippen molar-refractivity contribution in [3.63, 3.8) is 0 Å². The van der Waals surface area contributed by atoms with Crippen molar-refractivity contribution in [3.05, 3.63) is 0 Å². The van der Waals surface area contributed by atoms with Gasteiger partial charge in [-0.25, -0.2) is 4.79 Å². The van der Waals surface area contributed by atoms with Crippen LogP contribution in [0.4, 0.5) is 4.79 Å². The zero-order valence-electron chi connectivity index (χ0n) is 9.95. The van der Waals surface area contributed by atoms with Crippen LogP contribution >= 0.6 is 0 Å². The predicted octanol–water partition coefficient (Wildman–Crippen LogP) is 1.89. The fourth-order valence-corrected chi connectivity index (χ4v) is 1.54. The van der Waals surface area contributed by atoms with Crippen LogP contribution in [-0.4, -0.2) is 31.4 Å². The summed E-state index contributed by atoms with van der Waals surface area (Å²) < 4.78 is 14.4. The van der Waals surface area contributed by atoms with Gasteiger partial charge in [0.1, 0.15) is 13.2 Å². The maximum absolute atomic E-state index is 11.7. The van der Waals surface area contributed by atoms with Crippen LogP contribution in [0, 0.1) is 5.41 Å². The van der Waals surface area contributed by atoms with E-state index in [2.05, 4.69) is 4.74 Å². The highest BCUT2D eigenvalue weighted by Gasteiger charge is 2.31. The molecule has 1 aliphatic rings. The van der Waals surface area contributed by atoms with Crippen molar-refractivity contribution >= 4 is 12.1 Å². The number of esters is 1. The van der Waals surface area contributed by atoms with E-state index in [0.29, 0.717) is 0 Å². The normalized spacial score (nSPS) is 20.2. The van der Waals surface area contributed by atoms with Gasteiger partial charge >= 0.3 is 12.1 Å². The number of carbonyl (C=O) groups is 2. The second-order valence-electron chi connectivity index (χ2n) is 4.53. The van der Waals surface area contributed by atoms with Gasteiger partial charge in [0.15, 0.2) is 6.10 Å². The summed E-state index contributed by atoms with van der Waals surface area (Å²) in [5.41, 5.74) is -0.488. The molecule has 1 fully saturated rings. The van der Waals surface area contributed by atoms with E-state index < -0.39 is 17.7 Å². The van der Waals surface area contributed by atoms with Crippen molar-refractivity contribution in [2.75, 3.05) is 13.2 Å². The third-order valence-corrected chi connectivity index (χ3v) is 2.48. The van der Waals surface area contributed by atoms with Gasteiger partial charge in [-0.2, -0.15) is 0 Å². The summed E-state index contributed by atoms with van der Waals surface area (Å²) in [7, 11) is 0. The standard InChI is InChI=1S/C11H18O5/c1-4-5-11(2,3)9(12)14-6-8-7-15-10(13)16-8/h8H,4-7H2,1-3H3. The molecule has 0 radical (unpaired) electrons. The van der Waals surface area contributed by atoms with E-state index in [9.17, 15) is 9.59 Å². The largest absolute Gasteiger partial charge is 0.508 e. The SMILES string of the molecule is CCCC(C)(C)C(=O)OCC1COC(=O)O1.